The molecule has 1 heterocycles. The van der Waals surface area contributed by atoms with Gasteiger partial charge in [0, 0.05) is 19.5 Å². The minimum Gasteiger partial charge on any atom is -0.341 e. The van der Waals surface area contributed by atoms with Gasteiger partial charge < -0.3 is 4.90 Å². The van der Waals surface area contributed by atoms with Gasteiger partial charge in [-0.2, -0.15) is 0 Å². The van der Waals surface area contributed by atoms with Gasteiger partial charge in [0.2, 0.25) is 5.91 Å². The van der Waals surface area contributed by atoms with Crippen LogP contribution in [-0.2, 0) is 11.2 Å². The van der Waals surface area contributed by atoms with Gasteiger partial charge in [-0.25, -0.2) is 0 Å². The molecule has 0 spiro atoms. The first-order chi connectivity index (χ1) is 14.6. The lowest BCUT2D eigenvalue weighted by Crippen LogP contribution is -2.52. The Morgan fingerprint density at radius 1 is 0.833 bits per heavy atom. The average molecular weight is 407 g/mol. The minimum atomic E-state index is -0.839. The lowest BCUT2D eigenvalue weighted by atomic mass is 10.0. The Morgan fingerprint density at radius 2 is 1.33 bits per heavy atom. The monoisotopic (exact) mass is 406 g/mol. The van der Waals surface area contributed by atoms with Crippen LogP contribution in [0.25, 0.3) is 0 Å². The fourth-order valence-electron chi connectivity index (χ4n) is 3.86. The molecule has 5 heteroatoms. The van der Waals surface area contributed by atoms with E-state index in [1.54, 1.807) is 24.3 Å². The SMILES string of the molecule is CCCCN(CCCC)C(=O)[C@H](Cc1ccccc1)N1C(=O)c2ccccc2C1=O. The minimum absolute atomic E-state index is 0.143. The Bertz CT molecular complexity index is 851. The fraction of sp³-hybridized carbons (Fsp3) is 0.400. The van der Waals surface area contributed by atoms with Crippen LogP contribution < -0.4 is 0 Å². The summed E-state index contributed by atoms with van der Waals surface area (Å²) in [4.78, 5) is 42.9. The number of unbranched alkanes of at least 4 members (excludes halogenated alkanes) is 2. The van der Waals surface area contributed by atoms with Crippen molar-refractivity contribution in [2.45, 2.75) is 52.0 Å². The second-order valence-corrected chi connectivity index (χ2v) is 7.76. The van der Waals surface area contributed by atoms with Crippen LogP contribution in [0.5, 0.6) is 0 Å². The van der Waals surface area contributed by atoms with Crippen LogP contribution in [0.2, 0.25) is 0 Å². The average Bonchev–Trinajstić information content (AvgIpc) is 3.03. The van der Waals surface area contributed by atoms with Gasteiger partial charge >= 0.3 is 0 Å². The van der Waals surface area contributed by atoms with E-state index >= 15 is 0 Å². The van der Waals surface area contributed by atoms with Gasteiger partial charge in [0.25, 0.3) is 11.8 Å². The van der Waals surface area contributed by atoms with Crippen LogP contribution >= 0.6 is 0 Å². The molecule has 1 aliphatic heterocycles. The first kappa shape index (κ1) is 21.8. The van der Waals surface area contributed by atoms with Crippen molar-refractivity contribution in [3.8, 4) is 0 Å². The summed E-state index contributed by atoms with van der Waals surface area (Å²) >= 11 is 0. The third-order valence-electron chi connectivity index (χ3n) is 5.57. The van der Waals surface area contributed by atoms with E-state index in [-0.39, 0.29) is 17.7 Å². The van der Waals surface area contributed by atoms with E-state index in [4.69, 9.17) is 0 Å². The van der Waals surface area contributed by atoms with E-state index < -0.39 is 6.04 Å². The van der Waals surface area contributed by atoms with Crippen molar-refractivity contribution in [2.75, 3.05) is 13.1 Å². The molecular formula is C25H30N2O3. The lowest BCUT2D eigenvalue weighted by molar-refractivity contribution is -0.135. The second-order valence-electron chi connectivity index (χ2n) is 7.76. The molecule has 2 aromatic rings. The van der Waals surface area contributed by atoms with E-state index in [1.165, 1.54) is 4.90 Å². The molecule has 2 aromatic carbocycles. The maximum absolute atomic E-state index is 13.7. The van der Waals surface area contributed by atoms with E-state index in [0.29, 0.717) is 30.6 Å². The van der Waals surface area contributed by atoms with E-state index in [9.17, 15) is 14.4 Å². The van der Waals surface area contributed by atoms with Crippen LogP contribution in [0.4, 0.5) is 0 Å². The highest BCUT2D eigenvalue weighted by molar-refractivity contribution is 6.22. The van der Waals surface area contributed by atoms with Crippen LogP contribution in [0.1, 0.15) is 65.8 Å². The molecule has 1 atom stereocenters. The molecule has 0 saturated heterocycles. The largest absolute Gasteiger partial charge is 0.341 e. The summed E-state index contributed by atoms with van der Waals surface area (Å²) in [5, 5.41) is 0. The summed E-state index contributed by atoms with van der Waals surface area (Å²) in [5.74, 6) is -0.901. The standard InChI is InChI=1S/C25H30N2O3/c1-3-5-16-26(17-6-4-2)25(30)22(18-19-12-8-7-9-13-19)27-23(28)20-14-10-11-15-21(20)24(27)29/h7-15,22H,3-6,16-18H2,1-2H3/t22-/m0/s1. The zero-order valence-corrected chi connectivity index (χ0v) is 17.8. The van der Waals surface area contributed by atoms with Gasteiger partial charge in [0.1, 0.15) is 6.04 Å². The molecule has 0 saturated carbocycles. The van der Waals surface area contributed by atoms with Gasteiger partial charge in [-0.1, -0.05) is 69.2 Å². The van der Waals surface area contributed by atoms with Crippen LogP contribution in [-0.4, -0.2) is 46.7 Å². The fourth-order valence-corrected chi connectivity index (χ4v) is 3.86. The van der Waals surface area contributed by atoms with Crippen molar-refractivity contribution in [1.82, 2.24) is 9.80 Å². The number of nitrogens with zero attached hydrogens (tertiary/aromatic N) is 2. The molecule has 3 rings (SSSR count). The number of fused-ring (bicyclic) bond motifs is 1. The first-order valence-electron chi connectivity index (χ1n) is 10.9. The van der Waals surface area contributed by atoms with E-state index in [2.05, 4.69) is 13.8 Å². The molecule has 3 amide bonds. The maximum Gasteiger partial charge on any atom is 0.262 e. The van der Waals surface area contributed by atoms with Crippen LogP contribution in [0, 0.1) is 0 Å². The number of hydrogen-bond acceptors (Lipinski definition) is 3. The zero-order chi connectivity index (χ0) is 21.5. The smallest absolute Gasteiger partial charge is 0.262 e. The zero-order valence-electron chi connectivity index (χ0n) is 17.8. The summed E-state index contributed by atoms with van der Waals surface area (Å²) in [7, 11) is 0. The third kappa shape index (κ3) is 4.61. The molecule has 0 unspecified atom stereocenters. The van der Waals surface area contributed by atoms with Gasteiger partial charge in [-0.05, 0) is 30.5 Å². The summed E-state index contributed by atoms with van der Waals surface area (Å²) in [6.07, 6.45) is 4.07. The molecule has 158 valence electrons. The quantitative estimate of drug-likeness (QED) is 0.552. The Labute approximate surface area is 178 Å². The maximum atomic E-state index is 13.7. The Hall–Kier alpha value is -2.95. The second kappa shape index (κ2) is 10.2. The number of benzene rings is 2. The number of rotatable bonds is 10. The van der Waals surface area contributed by atoms with E-state index in [1.807, 2.05) is 35.2 Å². The van der Waals surface area contributed by atoms with Gasteiger partial charge in [0.05, 0.1) is 11.1 Å². The summed E-state index contributed by atoms with van der Waals surface area (Å²) in [6, 6.07) is 15.6. The Kier molecular flexibility index (Phi) is 7.39. The molecule has 1 aliphatic rings. The highest BCUT2D eigenvalue weighted by Crippen LogP contribution is 2.27. The topological polar surface area (TPSA) is 57.7 Å². The summed E-state index contributed by atoms with van der Waals surface area (Å²) < 4.78 is 0. The van der Waals surface area contributed by atoms with Crippen molar-refractivity contribution in [3.63, 3.8) is 0 Å². The van der Waals surface area contributed by atoms with Gasteiger partial charge in [-0.3, -0.25) is 19.3 Å². The van der Waals surface area contributed by atoms with Crippen molar-refractivity contribution < 1.29 is 14.4 Å². The van der Waals surface area contributed by atoms with Crippen LogP contribution in [0.3, 0.4) is 0 Å². The van der Waals surface area contributed by atoms with Gasteiger partial charge in [-0.15, -0.1) is 0 Å². The number of amides is 3. The number of imide groups is 1. The van der Waals surface area contributed by atoms with Crippen molar-refractivity contribution >= 4 is 17.7 Å². The van der Waals surface area contributed by atoms with Crippen molar-refractivity contribution in [1.29, 1.82) is 0 Å². The first-order valence-corrected chi connectivity index (χ1v) is 10.9. The van der Waals surface area contributed by atoms with Gasteiger partial charge in [0.15, 0.2) is 0 Å². The Balaban J connectivity index is 1.95. The number of hydrogen-bond donors (Lipinski definition) is 0. The molecule has 0 aliphatic carbocycles. The molecule has 0 bridgehead atoms. The normalized spacial score (nSPS) is 14.0. The molecular weight excluding hydrogens is 376 g/mol. The van der Waals surface area contributed by atoms with E-state index in [0.717, 1.165) is 31.2 Å². The summed E-state index contributed by atoms with van der Waals surface area (Å²) in [5.41, 5.74) is 1.68. The third-order valence-corrected chi connectivity index (χ3v) is 5.57. The lowest BCUT2D eigenvalue weighted by Gasteiger charge is -2.32. The molecule has 0 aromatic heterocycles. The number of carbonyl (C=O) groups is 3. The highest BCUT2D eigenvalue weighted by Gasteiger charge is 2.43. The number of carbonyl (C=O) groups excluding carboxylic acids is 3. The van der Waals surface area contributed by atoms with Crippen molar-refractivity contribution in [2.24, 2.45) is 0 Å². The molecule has 5 nitrogen and oxygen atoms in total. The predicted molar refractivity (Wildman–Crippen MR) is 117 cm³/mol. The van der Waals surface area contributed by atoms with Crippen LogP contribution in [0.15, 0.2) is 54.6 Å². The van der Waals surface area contributed by atoms with Crippen molar-refractivity contribution in [3.05, 3.63) is 71.3 Å². The molecule has 0 N–H and O–H groups in total. The molecule has 0 fully saturated rings. The predicted octanol–water partition coefficient (Wildman–Crippen LogP) is 4.32. The summed E-state index contributed by atoms with van der Waals surface area (Å²) in [6.45, 7) is 5.47. The highest BCUT2D eigenvalue weighted by atomic mass is 16.2. The molecule has 0 radical (unpaired) electrons. The molecule has 30 heavy (non-hydrogen) atoms. The Morgan fingerprint density at radius 3 is 1.83 bits per heavy atom.